The Hall–Kier alpha value is -2.08. The molecule has 6 nitrogen and oxygen atoms in total. The molecule has 0 aromatic heterocycles. The summed E-state index contributed by atoms with van der Waals surface area (Å²) in [6.45, 7) is 2.84. The van der Waals surface area contributed by atoms with Crippen LogP contribution < -0.4 is 10.2 Å². The highest BCUT2D eigenvalue weighted by atomic mass is 35.5. The van der Waals surface area contributed by atoms with Crippen LogP contribution in [-0.4, -0.2) is 37.5 Å². The molecule has 1 aliphatic rings. The van der Waals surface area contributed by atoms with Gasteiger partial charge in [-0.05, 0) is 31.0 Å². The van der Waals surface area contributed by atoms with Crippen LogP contribution in [0.3, 0.4) is 0 Å². The van der Waals surface area contributed by atoms with Crippen LogP contribution in [0.25, 0.3) is 0 Å². The van der Waals surface area contributed by atoms with Gasteiger partial charge in [-0.25, -0.2) is 4.79 Å². The van der Waals surface area contributed by atoms with Crippen molar-refractivity contribution in [3.8, 4) is 0 Å². The highest BCUT2D eigenvalue weighted by Crippen LogP contribution is 2.30. The van der Waals surface area contributed by atoms with Crippen LogP contribution in [0.4, 0.5) is 5.69 Å². The molecule has 0 bridgehead atoms. The van der Waals surface area contributed by atoms with Crippen LogP contribution in [0.15, 0.2) is 18.2 Å². The number of ether oxygens (including phenoxy) is 1. The molecule has 24 heavy (non-hydrogen) atoms. The number of carbonyl (C=O) groups is 3. The molecule has 1 heterocycles. The number of carbonyl (C=O) groups excluding carboxylic acids is 3. The van der Waals surface area contributed by atoms with Gasteiger partial charge in [0.2, 0.25) is 5.91 Å². The summed E-state index contributed by atoms with van der Waals surface area (Å²) in [7, 11) is 0. The molecular formula is C17H21ClN2O4. The molecule has 1 aliphatic heterocycles. The highest BCUT2D eigenvalue weighted by molar-refractivity contribution is 6.34. The fourth-order valence-electron chi connectivity index (χ4n) is 2.42. The lowest BCUT2D eigenvalue weighted by Gasteiger charge is -2.18. The Balaban J connectivity index is 1.97. The Labute approximate surface area is 146 Å². The Kier molecular flexibility index (Phi) is 6.61. The van der Waals surface area contributed by atoms with Crippen molar-refractivity contribution >= 4 is 35.1 Å². The Bertz CT molecular complexity index is 633. The molecule has 0 atom stereocenters. The lowest BCUT2D eigenvalue weighted by Crippen LogP contribution is -2.29. The fraction of sp³-hybridized carbons (Fsp3) is 0.471. The average molecular weight is 353 g/mol. The van der Waals surface area contributed by atoms with E-state index in [1.165, 1.54) is 12.1 Å². The third kappa shape index (κ3) is 4.71. The Morgan fingerprint density at radius 3 is 2.83 bits per heavy atom. The zero-order valence-electron chi connectivity index (χ0n) is 13.6. The number of hydrogen-bond acceptors (Lipinski definition) is 4. The van der Waals surface area contributed by atoms with E-state index in [-0.39, 0.29) is 24.0 Å². The number of unbranched alkanes of at least 4 members (excludes halogenated alkanes) is 1. The number of amides is 2. The quantitative estimate of drug-likeness (QED) is 0.604. The number of halogens is 1. The maximum Gasteiger partial charge on any atom is 0.338 e. The standard InChI is InChI=1S/C17H21ClN2O4/c1-2-3-8-19-15(21)11-24-17(23)12-6-7-13(18)14(10-12)20-9-4-5-16(20)22/h6-7,10H,2-5,8-9,11H2,1H3,(H,19,21). The topological polar surface area (TPSA) is 75.7 Å². The van der Waals surface area contributed by atoms with Gasteiger partial charge in [0.05, 0.1) is 16.3 Å². The van der Waals surface area contributed by atoms with Gasteiger partial charge in [-0.1, -0.05) is 24.9 Å². The molecule has 0 saturated carbocycles. The van der Waals surface area contributed by atoms with Crippen molar-refractivity contribution in [2.75, 3.05) is 24.6 Å². The van der Waals surface area contributed by atoms with E-state index in [0.29, 0.717) is 30.2 Å². The maximum absolute atomic E-state index is 12.1. The predicted molar refractivity (Wildman–Crippen MR) is 91.2 cm³/mol. The number of anilines is 1. The number of hydrogen-bond donors (Lipinski definition) is 1. The second-order valence-corrected chi connectivity index (χ2v) is 6.00. The molecule has 1 aromatic rings. The van der Waals surface area contributed by atoms with Crippen LogP contribution in [-0.2, 0) is 14.3 Å². The molecule has 0 aliphatic carbocycles. The van der Waals surface area contributed by atoms with Gasteiger partial charge in [0.1, 0.15) is 0 Å². The molecule has 1 fully saturated rings. The van der Waals surface area contributed by atoms with Crippen molar-refractivity contribution in [3.63, 3.8) is 0 Å². The van der Waals surface area contributed by atoms with E-state index in [9.17, 15) is 14.4 Å². The lowest BCUT2D eigenvalue weighted by atomic mass is 10.2. The van der Waals surface area contributed by atoms with Gasteiger partial charge < -0.3 is 15.0 Å². The van der Waals surface area contributed by atoms with Gasteiger partial charge in [0.25, 0.3) is 5.91 Å². The number of nitrogens with one attached hydrogen (secondary N) is 1. The van der Waals surface area contributed by atoms with E-state index in [1.54, 1.807) is 11.0 Å². The minimum absolute atomic E-state index is 0.0160. The molecule has 2 amide bonds. The van der Waals surface area contributed by atoms with Crippen molar-refractivity contribution in [2.45, 2.75) is 32.6 Å². The van der Waals surface area contributed by atoms with Crippen LogP contribution in [0.1, 0.15) is 43.0 Å². The third-order valence-corrected chi connectivity index (χ3v) is 4.05. The van der Waals surface area contributed by atoms with Gasteiger partial charge in [0.15, 0.2) is 6.61 Å². The summed E-state index contributed by atoms with van der Waals surface area (Å²) < 4.78 is 5.01. The second-order valence-electron chi connectivity index (χ2n) is 5.59. The zero-order valence-corrected chi connectivity index (χ0v) is 14.4. The summed E-state index contributed by atoms with van der Waals surface area (Å²) in [6.07, 6.45) is 3.09. The third-order valence-electron chi connectivity index (χ3n) is 3.73. The number of benzene rings is 1. The number of rotatable bonds is 7. The van der Waals surface area contributed by atoms with Crippen LogP contribution in [0.2, 0.25) is 5.02 Å². The van der Waals surface area contributed by atoms with E-state index < -0.39 is 5.97 Å². The summed E-state index contributed by atoms with van der Waals surface area (Å²) in [5.74, 6) is -0.969. The smallest absolute Gasteiger partial charge is 0.338 e. The lowest BCUT2D eigenvalue weighted by molar-refractivity contribution is -0.124. The van der Waals surface area contributed by atoms with Crippen LogP contribution in [0.5, 0.6) is 0 Å². The predicted octanol–water partition coefficient (Wildman–Crippen LogP) is 2.54. The molecule has 0 radical (unpaired) electrons. The van der Waals surface area contributed by atoms with Crippen LogP contribution in [0, 0.1) is 0 Å². The molecule has 1 N–H and O–H groups in total. The first-order chi connectivity index (χ1) is 11.5. The van der Waals surface area contributed by atoms with Crippen molar-refractivity contribution in [2.24, 2.45) is 0 Å². The first-order valence-corrected chi connectivity index (χ1v) is 8.44. The highest BCUT2D eigenvalue weighted by Gasteiger charge is 2.24. The summed E-state index contributed by atoms with van der Waals surface area (Å²) >= 11 is 6.13. The van der Waals surface area contributed by atoms with Gasteiger partial charge in [-0.3, -0.25) is 9.59 Å². The van der Waals surface area contributed by atoms with Crippen molar-refractivity contribution in [3.05, 3.63) is 28.8 Å². The van der Waals surface area contributed by atoms with Gasteiger partial charge in [0, 0.05) is 19.5 Å². The normalized spacial score (nSPS) is 13.9. The summed E-state index contributed by atoms with van der Waals surface area (Å²) in [4.78, 5) is 37.1. The SMILES string of the molecule is CCCCNC(=O)COC(=O)c1ccc(Cl)c(N2CCCC2=O)c1. The van der Waals surface area contributed by atoms with Crippen molar-refractivity contribution in [1.29, 1.82) is 0 Å². The number of esters is 1. The first-order valence-electron chi connectivity index (χ1n) is 8.06. The van der Waals surface area contributed by atoms with Gasteiger partial charge >= 0.3 is 5.97 Å². The summed E-state index contributed by atoms with van der Waals surface area (Å²) in [6, 6.07) is 4.60. The Morgan fingerprint density at radius 1 is 1.38 bits per heavy atom. The molecule has 7 heteroatoms. The van der Waals surface area contributed by atoms with Crippen molar-refractivity contribution < 1.29 is 19.1 Å². The molecule has 0 spiro atoms. The van der Waals surface area contributed by atoms with Crippen LogP contribution >= 0.6 is 11.6 Å². The molecule has 1 aromatic carbocycles. The van der Waals surface area contributed by atoms with E-state index in [2.05, 4.69) is 5.32 Å². The first kappa shape index (κ1) is 18.3. The molecule has 1 saturated heterocycles. The summed E-state index contributed by atoms with van der Waals surface area (Å²) in [5, 5.41) is 3.07. The second kappa shape index (κ2) is 8.68. The Morgan fingerprint density at radius 2 is 2.17 bits per heavy atom. The molecular weight excluding hydrogens is 332 g/mol. The summed E-state index contributed by atoms with van der Waals surface area (Å²) in [5.41, 5.74) is 0.761. The minimum Gasteiger partial charge on any atom is -0.452 e. The monoisotopic (exact) mass is 352 g/mol. The van der Waals surface area contributed by atoms with E-state index in [0.717, 1.165) is 19.3 Å². The molecule has 2 rings (SSSR count). The van der Waals surface area contributed by atoms with E-state index >= 15 is 0 Å². The molecule has 130 valence electrons. The van der Waals surface area contributed by atoms with E-state index in [1.807, 2.05) is 6.92 Å². The minimum atomic E-state index is -0.620. The van der Waals surface area contributed by atoms with Gasteiger partial charge in [-0.2, -0.15) is 0 Å². The number of nitrogens with zero attached hydrogens (tertiary/aromatic N) is 1. The largest absolute Gasteiger partial charge is 0.452 e. The van der Waals surface area contributed by atoms with Crippen molar-refractivity contribution in [1.82, 2.24) is 5.32 Å². The zero-order chi connectivity index (χ0) is 17.5. The van der Waals surface area contributed by atoms with E-state index in [4.69, 9.17) is 16.3 Å². The maximum atomic E-state index is 12.1. The molecule has 0 unspecified atom stereocenters. The fourth-order valence-corrected chi connectivity index (χ4v) is 2.64. The van der Waals surface area contributed by atoms with Gasteiger partial charge in [-0.15, -0.1) is 0 Å². The average Bonchev–Trinajstić information content (AvgIpc) is 2.99.